The molecule has 1 atom stereocenters. The lowest BCUT2D eigenvalue weighted by Crippen LogP contribution is -2.24. The fraction of sp³-hybridized carbons (Fsp3) is 0.636. The van der Waals surface area contributed by atoms with Gasteiger partial charge in [-0.3, -0.25) is 0 Å². The first-order valence-corrected chi connectivity index (χ1v) is 5.60. The van der Waals surface area contributed by atoms with Crippen LogP contribution in [0.1, 0.15) is 24.8 Å². The molecule has 1 aliphatic heterocycles. The second-order valence-electron chi connectivity index (χ2n) is 4.09. The second kappa shape index (κ2) is 5.07. The summed E-state index contributed by atoms with van der Waals surface area (Å²) in [4.78, 5) is 8.40. The molecule has 4 nitrogen and oxygen atoms in total. The van der Waals surface area contributed by atoms with Crippen molar-refractivity contribution in [3.05, 3.63) is 18.0 Å². The molecule has 1 unspecified atom stereocenters. The van der Waals surface area contributed by atoms with E-state index in [-0.39, 0.29) is 0 Å². The average Bonchev–Trinajstić information content (AvgIpc) is 2.74. The van der Waals surface area contributed by atoms with E-state index in [1.54, 1.807) is 0 Å². The zero-order valence-electron chi connectivity index (χ0n) is 9.16. The molecule has 1 aromatic heterocycles. The Morgan fingerprint density at radius 3 is 2.93 bits per heavy atom. The van der Waals surface area contributed by atoms with E-state index in [0.717, 1.165) is 24.5 Å². The van der Waals surface area contributed by atoms with E-state index in [2.05, 4.69) is 20.6 Å². The van der Waals surface area contributed by atoms with Gasteiger partial charge < -0.3 is 10.6 Å². The van der Waals surface area contributed by atoms with Crippen LogP contribution < -0.4 is 10.6 Å². The summed E-state index contributed by atoms with van der Waals surface area (Å²) in [6.45, 7) is 4.11. The van der Waals surface area contributed by atoms with Crippen LogP contribution in [0.25, 0.3) is 0 Å². The van der Waals surface area contributed by atoms with Gasteiger partial charge in [0.15, 0.2) is 0 Å². The summed E-state index contributed by atoms with van der Waals surface area (Å²) in [5, 5.41) is 6.71. The summed E-state index contributed by atoms with van der Waals surface area (Å²) < 4.78 is 0. The molecule has 2 heterocycles. The summed E-state index contributed by atoms with van der Waals surface area (Å²) in [5.41, 5.74) is 1.10. The first kappa shape index (κ1) is 10.4. The summed E-state index contributed by atoms with van der Waals surface area (Å²) in [5.74, 6) is 0.735. The first-order chi connectivity index (χ1) is 7.34. The minimum Gasteiger partial charge on any atom is -0.354 e. The summed E-state index contributed by atoms with van der Waals surface area (Å²) >= 11 is 0. The van der Waals surface area contributed by atoms with Gasteiger partial charge in [-0.2, -0.15) is 0 Å². The van der Waals surface area contributed by atoms with Gasteiger partial charge in [-0.05, 0) is 38.3 Å². The maximum Gasteiger partial charge on any atom is 0.222 e. The summed E-state index contributed by atoms with van der Waals surface area (Å²) in [6, 6.07) is 0.683. The Morgan fingerprint density at radius 1 is 1.47 bits per heavy atom. The molecule has 0 radical (unpaired) electrons. The highest BCUT2D eigenvalue weighted by molar-refractivity contribution is 5.23. The number of hydrogen-bond acceptors (Lipinski definition) is 4. The molecule has 0 spiro atoms. The third kappa shape index (κ3) is 3.16. The van der Waals surface area contributed by atoms with E-state index in [1.165, 1.54) is 19.4 Å². The van der Waals surface area contributed by atoms with Crippen LogP contribution in [0.5, 0.6) is 0 Å². The smallest absolute Gasteiger partial charge is 0.222 e. The lowest BCUT2D eigenvalue weighted by molar-refractivity contribution is 0.573. The van der Waals surface area contributed by atoms with Gasteiger partial charge in [-0.1, -0.05) is 0 Å². The van der Waals surface area contributed by atoms with E-state index in [9.17, 15) is 0 Å². The van der Waals surface area contributed by atoms with Crippen molar-refractivity contribution >= 4 is 5.95 Å². The quantitative estimate of drug-likeness (QED) is 0.780. The fourth-order valence-corrected chi connectivity index (χ4v) is 1.85. The Hall–Kier alpha value is -1.16. The number of anilines is 1. The SMILES string of the molecule is Cc1cnc(NCCC2CCCN2)nc1. The monoisotopic (exact) mass is 206 g/mol. The molecule has 15 heavy (non-hydrogen) atoms. The molecule has 1 fully saturated rings. The molecule has 0 bridgehead atoms. The van der Waals surface area contributed by atoms with Gasteiger partial charge in [-0.25, -0.2) is 9.97 Å². The molecule has 1 aromatic rings. The van der Waals surface area contributed by atoms with E-state index < -0.39 is 0 Å². The minimum absolute atomic E-state index is 0.683. The topological polar surface area (TPSA) is 49.8 Å². The van der Waals surface area contributed by atoms with Crippen LogP contribution >= 0.6 is 0 Å². The molecular formula is C11H18N4. The van der Waals surface area contributed by atoms with Crippen molar-refractivity contribution in [2.75, 3.05) is 18.4 Å². The lowest BCUT2D eigenvalue weighted by atomic mass is 10.1. The van der Waals surface area contributed by atoms with E-state index >= 15 is 0 Å². The third-order valence-corrected chi connectivity index (χ3v) is 2.72. The molecule has 0 amide bonds. The molecule has 0 saturated carbocycles. The Bertz CT molecular complexity index is 290. The van der Waals surface area contributed by atoms with Crippen LogP contribution in [0.15, 0.2) is 12.4 Å². The Labute approximate surface area is 90.5 Å². The van der Waals surface area contributed by atoms with Crippen molar-refractivity contribution < 1.29 is 0 Å². The van der Waals surface area contributed by atoms with Crippen molar-refractivity contribution in [1.82, 2.24) is 15.3 Å². The van der Waals surface area contributed by atoms with Crippen LogP contribution in [0.3, 0.4) is 0 Å². The second-order valence-corrected chi connectivity index (χ2v) is 4.09. The van der Waals surface area contributed by atoms with E-state index in [1.807, 2.05) is 19.3 Å². The highest BCUT2D eigenvalue weighted by Crippen LogP contribution is 2.08. The van der Waals surface area contributed by atoms with Gasteiger partial charge in [0.25, 0.3) is 0 Å². The van der Waals surface area contributed by atoms with Crippen LogP contribution in [-0.4, -0.2) is 29.1 Å². The molecular weight excluding hydrogens is 188 g/mol. The van der Waals surface area contributed by atoms with Crippen LogP contribution in [0.4, 0.5) is 5.95 Å². The maximum absolute atomic E-state index is 4.20. The van der Waals surface area contributed by atoms with E-state index in [0.29, 0.717) is 6.04 Å². The molecule has 2 rings (SSSR count). The maximum atomic E-state index is 4.20. The normalized spacial score (nSPS) is 20.5. The highest BCUT2D eigenvalue weighted by atomic mass is 15.1. The van der Waals surface area contributed by atoms with Gasteiger partial charge in [-0.15, -0.1) is 0 Å². The molecule has 1 saturated heterocycles. The van der Waals surface area contributed by atoms with Crippen LogP contribution in [0, 0.1) is 6.92 Å². The first-order valence-electron chi connectivity index (χ1n) is 5.60. The van der Waals surface area contributed by atoms with Crippen molar-refractivity contribution in [3.63, 3.8) is 0 Å². The minimum atomic E-state index is 0.683. The molecule has 82 valence electrons. The summed E-state index contributed by atoms with van der Waals surface area (Å²) in [6.07, 6.45) is 7.44. The predicted molar refractivity (Wildman–Crippen MR) is 60.9 cm³/mol. The van der Waals surface area contributed by atoms with E-state index in [4.69, 9.17) is 0 Å². The highest BCUT2D eigenvalue weighted by Gasteiger charge is 2.12. The number of rotatable bonds is 4. The number of aromatic nitrogens is 2. The average molecular weight is 206 g/mol. The number of nitrogens with zero attached hydrogens (tertiary/aromatic N) is 2. The number of nitrogens with one attached hydrogen (secondary N) is 2. The number of hydrogen-bond donors (Lipinski definition) is 2. The fourth-order valence-electron chi connectivity index (χ4n) is 1.85. The zero-order valence-corrected chi connectivity index (χ0v) is 9.16. The molecule has 4 heteroatoms. The van der Waals surface area contributed by atoms with Gasteiger partial charge in [0.05, 0.1) is 0 Å². The van der Waals surface area contributed by atoms with Crippen molar-refractivity contribution in [1.29, 1.82) is 0 Å². The van der Waals surface area contributed by atoms with Crippen molar-refractivity contribution in [3.8, 4) is 0 Å². The standard InChI is InChI=1S/C11H18N4/c1-9-7-14-11(15-8-9)13-6-4-10-3-2-5-12-10/h7-8,10,12H,2-6H2,1H3,(H,13,14,15). The Kier molecular flexibility index (Phi) is 3.50. The Morgan fingerprint density at radius 2 is 2.27 bits per heavy atom. The molecule has 1 aliphatic rings. The molecule has 0 aliphatic carbocycles. The van der Waals surface area contributed by atoms with Crippen LogP contribution in [0.2, 0.25) is 0 Å². The molecule has 2 N–H and O–H groups in total. The largest absolute Gasteiger partial charge is 0.354 e. The van der Waals surface area contributed by atoms with Gasteiger partial charge in [0.2, 0.25) is 5.95 Å². The van der Waals surface area contributed by atoms with Crippen LogP contribution in [-0.2, 0) is 0 Å². The van der Waals surface area contributed by atoms with Gasteiger partial charge >= 0.3 is 0 Å². The Balaban J connectivity index is 1.71. The summed E-state index contributed by atoms with van der Waals surface area (Å²) in [7, 11) is 0. The predicted octanol–water partition coefficient (Wildman–Crippen LogP) is 1.34. The third-order valence-electron chi connectivity index (χ3n) is 2.72. The van der Waals surface area contributed by atoms with Crippen molar-refractivity contribution in [2.24, 2.45) is 0 Å². The lowest BCUT2D eigenvalue weighted by Gasteiger charge is -2.10. The number of aryl methyl sites for hydroxylation is 1. The van der Waals surface area contributed by atoms with Gasteiger partial charge in [0, 0.05) is 25.0 Å². The molecule has 0 aromatic carbocycles. The van der Waals surface area contributed by atoms with Gasteiger partial charge in [0.1, 0.15) is 0 Å². The zero-order chi connectivity index (χ0) is 10.5. The van der Waals surface area contributed by atoms with Crippen molar-refractivity contribution in [2.45, 2.75) is 32.2 Å².